The molecule has 19 heteroatoms. The van der Waals surface area contributed by atoms with E-state index in [1.807, 2.05) is 0 Å². The first-order valence-corrected chi connectivity index (χ1v) is 40.2. The smallest absolute Gasteiger partial charge is 0.462 e. The average molecular weight is 1340 g/mol. The first kappa shape index (κ1) is 89.1. The lowest BCUT2D eigenvalue weighted by atomic mass is 10.0. The molecule has 540 valence electrons. The van der Waals surface area contributed by atoms with E-state index < -0.39 is 97.5 Å². The normalized spacial score (nSPS) is 14.2. The molecule has 0 aromatic heterocycles. The minimum Gasteiger partial charge on any atom is -0.462 e. The van der Waals surface area contributed by atoms with Gasteiger partial charge in [0.1, 0.15) is 19.3 Å². The molecule has 0 heterocycles. The van der Waals surface area contributed by atoms with Crippen LogP contribution in [0.3, 0.4) is 0 Å². The Labute approximate surface area is 556 Å². The van der Waals surface area contributed by atoms with Crippen LogP contribution in [0.1, 0.15) is 357 Å². The van der Waals surface area contributed by atoms with Crippen molar-refractivity contribution in [2.75, 3.05) is 39.6 Å². The summed E-state index contributed by atoms with van der Waals surface area (Å²) in [5.41, 5.74) is 0. The molecule has 0 saturated carbocycles. The van der Waals surface area contributed by atoms with Gasteiger partial charge in [0.25, 0.3) is 0 Å². The molecule has 0 aliphatic rings. The Balaban J connectivity index is 5.24. The summed E-state index contributed by atoms with van der Waals surface area (Å²) < 4.78 is 68.3. The molecule has 0 aromatic carbocycles. The molecule has 17 nitrogen and oxygen atoms in total. The number of hydrogen-bond donors (Lipinski definition) is 3. The fourth-order valence-electron chi connectivity index (χ4n) is 10.8. The maximum Gasteiger partial charge on any atom is 0.472 e. The van der Waals surface area contributed by atoms with Crippen molar-refractivity contribution in [1.29, 1.82) is 0 Å². The molecule has 0 aliphatic heterocycles. The van der Waals surface area contributed by atoms with Gasteiger partial charge in [0.15, 0.2) is 12.2 Å². The third-order valence-corrected chi connectivity index (χ3v) is 18.5. The maximum atomic E-state index is 13.0. The average Bonchev–Trinajstić information content (AvgIpc) is 2.80. The van der Waals surface area contributed by atoms with E-state index in [1.54, 1.807) is 0 Å². The van der Waals surface area contributed by atoms with Crippen molar-refractivity contribution < 1.29 is 80.2 Å². The minimum absolute atomic E-state index is 0.102. The Hall–Kier alpha value is -1.94. The van der Waals surface area contributed by atoms with Crippen molar-refractivity contribution in [3.8, 4) is 0 Å². The molecular formula is C72H140O17P2. The van der Waals surface area contributed by atoms with E-state index >= 15 is 0 Å². The summed E-state index contributed by atoms with van der Waals surface area (Å²) in [6, 6.07) is 0. The van der Waals surface area contributed by atoms with E-state index in [1.165, 1.54) is 161 Å². The van der Waals surface area contributed by atoms with Crippen molar-refractivity contribution in [1.82, 2.24) is 0 Å². The zero-order chi connectivity index (χ0) is 67.5. The number of rotatable bonds is 69. The topological polar surface area (TPSA) is 237 Å². The summed E-state index contributed by atoms with van der Waals surface area (Å²) in [5.74, 6) is 0.850. The molecule has 91 heavy (non-hydrogen) atoms. The van der Waals surface area contributed by atoms with Crippen LogP contribution < -0.4 is 0 Å². The van der Waals surface area contributed by atoms with E-state index in [4.69, 9.17) is 37.0 Å². The largest absolute Gasteiger partial charge is 0.472 e. The summed E-state index contributed by atoms with van der Waals surface area (Å²) in [6.07, 6.45) is 44.5. The number of aliphatic hydroxyl groups is 1. The van der Waals surface area contributed by atoms with Crippen LogP contribution in [0.5, 0.6) is 0 Å². The van der Waals surface area contributed by atoms with E-state index in [9.17, 15) is 43.2 Å². The van der Waals surface area contributed by atoms with Gasteiger partial charge in [-0.2, -0.15) is 0 Å². The molecular weight excluding hydrogens is 1200 g/mol. The lowest BCUT2D eigenvalue weighted by Gasteiger charge is -2.21. The zero-order valence-electron chi connectivity index (χ0n) is 59.5. The number of aliphatic hydroxyl groups excluding tert-OH is 1. The van der Waals surface area contributed by atoms with Crippen LogP contribution in [0.15, 0.2) is 0 Å². The van der Waals surface area contributed by atoms with Gasteiger partial charge in [0.05, 0.1) is 26.4 Å². The minimum atomic E-state index is -4.95. The molecule has 0 radical (unpaired) electrons. The predicted molar refractivity (Wildman–Crippen MR) is 367 cm³/mol. The van der Waals surface area contributed by atoms with Crippen LogP contribution in [0.4, 0.5) is 0 Å². The monoisotopic (exact) mass is 1340 g/mol. The van der Waals surface area contributed by atoms with Gasteiger partial charge in [-0.3, -0.25) is 37.3 Å². The quantitative estimate of drug-likeness (QED) is 0.0222. The molecule has 0 saturated heterocycles. The van der Waals surface area contributed by atoms with Crippen LogP contribution in [-0.2, 0) is 65.4 Å². The van der Waals surface area contributed by atoms with Crippen molar-refractivity contribution in [3.05, 3.63) is 0 Å². The molecule has 3 N–H and O–H groups in total. The maximum absolute atomic E-state index is 13.0. The number of phosphoric ester groups is 2. The first-order valence-electron chi connectivity index (χ1n) is 37.2. The molecule has 0 aromatic rings. The summed E-state index contributed by atoms with van der Waals surface area (Å²) in [7, 11) is -9.91. The fraction of sp³-hybridized carbons (Fsp3) is 0.944. The third kappa shape index (κ3) is 66.5. The summed E-state index contributed by atoms with van der Waals surface area (Å²) >= 11 is 0. The number of ether oxygens (including phenoxy) is 4. The summed E-state index contributed by atoms with van der Waals surface area (Å²) in [4.78, 5) is 72.6. The van der Waals surface area contributed by atoms with Gasteiger partial charge < -0.3 is 33.8 Å². The second kappa shape index (κ2) is 61.6. The number of esters is 4. The standard InChI is InChI=1S/C72H140O17P2/c1-62(2)48-40-32-24-17-13-10-9-11-15-19-28-36-44-52-69(74)82-58-67(88-71(76)54-46-38-30-20-16-12-14-18-25-33-41-49-63(3)4)60-86-90(78,79)84-56-66(73)57-85-91(80,81)87-61-68(89-72(77)55-47-39-31-23-27-35-43-51-65(7)8)59-83-70(75)53-45-37-29-22-21-26-34-42-50-64(5)6/h62-68,73H,9-61H2,1-8H3,(H,78,79)(H,80,81)/t66?,67-,68-/m1/s1. The van der Waals surface area contributed by atoms with Gasteiger partial charge in [0, 0.05) is 25.7 Å². The second-order valence-corrected chi connectivity index (χ2v) is 30.8. The Morgan fingerprint density at radius 2 is 0.462 bits per heavy atom. The van der Waals surface area contributed by atoms with Crippen LogP contribution in [0.2, 0.25) is 0 Å². The van der Waals surface area contributed by atoms with Crippen molar-refractivity contribution in [2.45, 2.75) is 375 Å². The molecule has 3 unspecified atom stereocenters. The van der Waals surface area contributed by atoms with Crippen LogP contribution >= 0.6 is 15.6 Å². The highest BCUT2D eigenvalue weighted by Gasteiger charge is 2.30. The molecule has 5 atom stereocenters. The molecule has 0 rings (SSSR count). The van der Waals surface area contributed by atoms with Gasteiger partial charge in [0.2, 0.25) is 0 Å². The SMILES string of the molecule is CC(C)CCCCCCCCCCCCCCCC(=O)OC[C@H](COP(=O)(O)OCC(O)COP(=O)(O)OC[C@@H](COC(=O)CCCCCCCCCCC(C)C)OC(=O)CCCCCCCCCC(C)C)OC(=O)CCCCCCCCCCCCCC(C)C. The Morgan fingerprint density at radius 1 is 0.275 bits per heavy atom. The number of phosphoric acid groups is 2. The number of carbonyl (C=O) groups excluding carboxylic acids is 4. The Morgan fingerprint density at radius 3 is 0.681 bits per heavy atom. The number of unbranched alkanes of at least 4 members (excludes halogenated alkanes) is 35. The molecule has 0 amide bonds. The summed E-state index contributed by atoms with van der Waals surface area (Å²) in [5, 5.41) is 10.6. The zero-order valence-corrected chi connectivity index (χ0v) is 61.3. The van der Waals surface area contributed by atoms with Gasteiger partial charge in [-0.15, -0.1) is 0 Å². The van der Waals surface area contributed by atoms with Crippen LogP contribution in [-0.4, -0.2) is 96.7 Å². The lowest BCUT2D eigenvalue weighted by molar-refractivity contribution is -0.161. The molecule has 0 aliphatic carbocycles. The van der Waals surface area contributed by atoms with Gasteiger partial charge >= 0.3 is 39.5 Å². The van der Waals surface area contributed by atoms with Crippen molar-refractivity contribution in [2.24, 2.45) is 23.7 Å². The molecule has 0 bridgehead atoms. The number of hydrogen-bond acceptors (Lipinski definition) is 15. The van der Waals surface area contributed by atoms with E-state index in [2.05, 4.69) is 55.4 Å². The highest BCUT2D eigenvalue weighted by atomic mass is 31.2. The van der Waals surface area contributed by atoms with Crippen molar-refractivity contribution in [3.63, 3.8) is 0 Å². The third-order valence-electron chi connectivity index (χ3n) is 16.6. The molecule has 0 fully saturated rings. The Kier molecular flexibility index (Phi) is 60.3. The fourth-order valence-corrected chi connectivity index (χ4v) is 12.4. The second-order valence-electron chi connectivity index (χ2n) is 27.9. The summed E-state index contributed by atoms with van der Waals surface area (Å²) in [6.45, 7) is 14.1. The predicted octanol–water partition coefficient (Wildman–Crippen LogP) is 20.5. The molecule has 0 spiro atoms. The lowest BCUT2D eigenvalue weighted by Crippen LogP contribution is -2.30. The van der Waals surface area contributed by atoms with Crippen LogP contribution in [0, 0.1) is 23.7 Å². The highest BCUT2D eigenvalue weighted by Crippen LogP contribution is 2.45. The number of carbonyl (C=O) groups is 4. The van der Waals surface area contributed by atoms with E-state index in [0.717, 1.165) is 108 Å². The van der Waals surface area contributed by atoms with Gasteiger partial charge in [-0.05, 0) is 49.4 Å². The van der Waals surface area contributed by atoms with Crippen molar-refractivity contribution >= 4 is 39.5 Å². The van der Waals surface area contributed by atoms with E-state index in [-0.39, 0.29) is 25.7 Å². The van der Waals surface area contributed by atoms with Gasteiger partial charge in [-0.1, -0.05) is 306 Å². The first-order chi connectivity index (χ1) is 43.6. The van der Waals surface area contributed by atoms with E-state index in [0.29, 0.717) is 31.6 Å². The Bertz CT molecular complexity index is 1800. The highest BCUT2D eigenvalue weighted by molar-refractivity contribution is 7.47. The van der Waals surface area contributed by atoms with Crippen LogP contribution in [0.25, 0.3) is 0 Å². The van der Waals surface area contributed by atoms with Gasteiger partial charge in [-0.25, -0.2) is 9.13 Å².